The van der Waals surface area contributed by atoms with Crippen molar-refractivity contribution >= 4 is 11.8 Å². The molecule has 3 heterocycles. The molecule has 10 nitrogen and oxygen atoms in total. The van der Waals surface area contributed by atoms with Crippen molar-refractivity contribution < 1.29 is 14.7 Å². The van der Waals surface area contributed by atoms with Gasteiger partial charge < -0.3 is 15.3 Å². The first kappa shape index (κ1) is 25.3. The number of β-amino-alcohol motifs (C(OH)–C–C–N with tert-alkyl or cyclic N) is 1. The van der Waals surface area contributed by atoms with Gasteiger partial charge in [0.05, 0.1) is 18.0 Å². The van der Waals surface area contributed by atoms with Gasteiger partial charge in [0.15, 0.2) is 0 Å². The number of aliphatic hydroxyl groups excluding tert-OH is 1. The highest BCUT2D eigenvalue weighted by Gasteiger charge is 2.45. The lowest BCUT2D eigenvalue weighted by Gasteiger charge is -2.34. The zero-order chi connectivity index (χ0) is 25.5. The van der Waals surface area contributed by atoms with Gasteiger partial charge in [-0.05, 0) is 31.1 Å². The lowest BCUT2D eigenvalue weighted by atomic mass is 9.85. The molecule has 0 spiro atoms. The monoisotopic (exact) mass is 485 g/mol. The van der Waals surface area contributed by atoms with Crippen LogP contribution in [0.15, 0.2) is 12.4 Å². The Morgan fingerprint density at radius 3 is 2.60 bits per heavy atom. The molecule has 2 fully saturated rings. The van der Waals surface area contributed by atoms with E-state index < -0.39 is 23.6 Å². The van der Waals surface area contributed by atoms with Crippen molar-refractivity contribution in [3.05, 3.63) is 29.3 Å². The first-order valence-electron chi connectivity index (χ1n) is 12.6. The average Bonchev–Trinajstić information content (AvgIpc) is 3.22. The first-order chi connectivity index (χ1) is 16.5. The molecule has 0 radical (unpaired) electrons. The van der Waals surface area contributed by atoms with Crippen molar-refractivity contribution in [1.29, 1.82) is 0 Å². The Morgan fingerprint density at radius 2 is 1.97 bits per heavy atom. The number of hydrogen-bond acceptors (Lipinski definition) is 6. The minimum absolute atomic E-state index is 0.124. The molecule has 1 aliphatic heterocycles. The predicted octanol–water partition coefficient (Wildman–Crippen LogP) is 2.18. The van der Waals surface area contributed by atoms with Gasteiger partial charge in [-0.25, -0.2) is 4.68 Å². The van der Waals surface area contributed by atoms with E-state index in [0.29, 0.717) is 18.4 Å². The molecule has 2 aromatic rings. The molecule has 10 heteroatoms. The SMILES string of the molecule is Cc1c(CNC(=O)C2CC(O)CN2C(=O)[C@@H](n2cc(C3CC3)nn2)C(C)(C)C)cnn1CC(C)C. The molecular formula is C25H39N7O3. The minimum atomic E-state index is -0.747. The van der Waals surface area contributed by atoms with Crippen LogP contribution >= 0.6 is 0 Å². The Kier molecular flexibility index (Phi) is 7.04. The molecule has 2 unspecified atom stereocenters. The van der Waals surface area contributed by atoms with Gasteiger partial charge >= 0.3 is 0 Å². The maximum Gasteiger partial charge on any atom is 0.248 e. The number of aromatic nitrogens is 5. The summed E-state index contributed by atoms with van der Waals surface area (Å²) in [5, 5.41) is 26.4. The van der Waals surface area contributed by atoms with E-state index in [9.17, 15) is 14.7 Å². The molecule has 3 atom stereocenters. The van der Waals surface area contributed by atoms with Crippen LogP contribution in [0.3, 0.4) is 0 Å². The van der Waals surface area contributed by atoms with Crippen LogP contribution in [0.2, 0.25) is 0 Å². The summed E-state index contributed by atoms with van der Waals surface area (Å²) in [6.45, 7) is 13.5. The average molecular weight is 486 g/mol. The van der Waals surface area contributed by atoms with Crippen molar-refractivity contribution in [1.82, 2.24) is 35.0 Å². The molecule has 2 amide bonds. The molecule has 2 aromatic heterocycles. The Labute approximate surface area is 207 Å². The normalized spacial score (nSPS) is 21.5. The van der Waals surface area contributed by atoms with Crippen LogP contribution in [0.5, 0.6) is 0 Å². The van der Waals surface area contributed by atoms with Crippen LogP contribution in [0.4, 0.5) is 0 Å². The fourth-order valence-electron chi connectivity index (χ4n) is 4.81. The number of carbonyl (C=O) groups is 2. The molecule has 4 rings (SSSR count). The summed E-state index contributed by atoms with van der Waals surface area (Å²) in [7, 11) is 0. The van der Waals surface area contributed by atoms with Crippen LogP contribution in [-0.2, 0) is 22.7 Å². The van der Waals surface area contributed by atoms with Crippen molar-refractivity contribution in [2.24, 2.45) is 11.3 Å². The zero-order valence-corrected chi connectivity index (χ0v) is 21.7. The van der Waals surface area contributed by atoms with Gasteiger partial charge in [-0.2, -0.15) is 5.10 Å². The number of likely N-dealkylation sites (tertiary alicyclic amines) is 1. The van der Waals surface area contributed by atoms with Gasteiger partial charge in [-0.15, -0.1) is 5.10 Å². The fourth-order valence-corrected chi connectivity index (χ4v) is 4.81. The largest absolute Gasteiger partial charge is 0.391 e. The lowest BCUT2D eigenvalue weighted by molar-refractivity contribution is -0.144. The Bertz CT molecular complexity index is 1060. The van der Waals surface area contributed by atoms with Gasteiger partial charge in [0, 0.05) is 49.4 Å². The third-order valence-electron chi connectivity index (χ3n) is 6.90. The minimum Gasteiger partial charge on any atom is -0.391 e. The Hall–Kier alpha value is -2.75. The third kappa shape index (κ3) is 5.58. The summed E-state index contributed by atoms with van der Waals surface area (Å²) < 4.78 is 3.59. The standard InChI is InChI=1S/C25H39N7O3/c1-15(2)12-31-16(3)18(11-27-31)10-26-23(34)21-9-19(33)13-30(21)24(35)22(25(4,5)6)32-14-20(28-29-32)17-7-8-17/h11,14-15,17,19,21-22,33H,7-10,12-13H2,1-6H3,(H,26,34)/t19?,21?,22-/m1/s1. The van der Waals surface area contributed by atoms with Crippen molar-refractivity contribution in [2.75, 3.05) is 6.54 Å². The second kappa shape index (κ2) is 9.72. The predicted molar refractivity (Wildman–Crippen MR) is 130 cm³/mol. The third-order valence-corrected chi connectivity index (χ3v) is 6.90. The van der Waals surface area contributed by atoms with E-state index in [4.69, 9.17) is 0 Å². The molecular weight excluding hydrogens is 446 g/mol. The van der Waals surface area contributed by atoms with E-state index >= 15 is 0 Å². The lowest BCUT2D eigenvalue weighted by Crippen LogP contribution is -2.50. The number of nitrogens with one attached hydrogen (secondary N) is 1. The second-order valence-corrected chi connectivity index (χ2v) is 11.6. The molecule has 1 saturated carbocycles. The highest BCUT2D eigenvalue weighted by molar-refractivity contribution is 5.90. The Balaban J connectivity index is 1.48. The smallest absolute Gasteiger partial charge is 0.248 e. The zero-order valence-electron chi connectivity index (χ0n) is 21.7. The van der Waals surface area contributed by atoms with Crippen molar-refractivity contribution in [3.63, 3.8) is 0 Å². The van der Waals surface area contributed by atoms with E-state index in [0.717, 1.165) is 36.3 Å². The summed E-state index contributed by atoms with van der Waals surface area (Å²) >= 11 is 0. The maximum absolute atomic E-state index is 13.8. The molecule has 1 aliphatic carbocycles. The van der Waals surface area contributed by atoms with Gasteiger partial charge in [0.1, 0.15) is 12.1 Å². The van der Waals surface area contributed by atoms with Crippen molar-refractivity contribution in [3.8, 4) is 0 Å². The second-order valence-electron chi connectivity index (χ2n) is 11.6. The summed E-state index contributed by atoms with van der Waals surface area (Å²) in [6.07, 6.45) is 5.31. The summed E-state index contributed by atoms with van der Waals surface area (Å²) in [4.78, 5) is 28.5. The highest BCUT2D eigenvalue weighted by Crippen LogP contribution is 2.40. The van der Waals surface area contributed by atoms with Crippen LogP contribution in [0.25, 0.3) is 0 Å². The first-order valence-corrected chi connectivity index (χ1v) is 12.6. The van der Waals surface area contributed by atoms with Crippen LogP contribution in [-0.4, -0.2) is 65.3 Å². The van der Waals surface area contributed by atoms with E-state index in [1.54, 1.807) is 10.9 Å². The summed E-state index contributed by atoms with van der Waals surface area (Å²) in [6, 6.07) is -1.36. The number of carbonyl (C=O) groups excluding carboxylic acids is 2. The molecule has 1 saturated heterocycles. The molecule has 2 aliphatic rings. The van der Waals surface area contributed by atoms with Gasteiger partial charge in [-0.3, -0.25) is 14.3 Å². The quantitative estimate of drug-likeness (QED) is 0.592. The van der Waals surface area contributed by atoms with E-state index in [-0.39, 0.29) is 24.8 Å². The Morgan fingerprint density at radius 1 is 1.26 bits per heavy atom. The topological polar surface area (TPSA) is 118 Å². The van der Waals surface area contributed by atoms with Crippen LogP contribution in [0, 0.1) is 18.3 Å². The van der Waals surface area contributed by atoms with Gasteiger partial charge in [-0.1, -0.05) is 39.8 Å². The van der Waals surface area contributed by atoms with Gasteiger partial charge in [0.25, 0.3) is 0 Å². The number of hydrogen-bond donors (Lipinski definition) is 2. The molecule has 0 bridgehead atoms. The van der Waals surface area contributed by atoms with Gasteiger partial charge in [0.2, 0.25) is 11.8 Å². The van der Waals surface area contributed by atoms with Crippen LogP contribution < -0.4 is 5.32 Å². The summed E-state index contributed by atoms with van der Waals surface area (Å²) in [5.74, 6) is 0.412. The molecule has 2 N–H and O–H groups in total. The maximum atomic E-state index is 13.8. The van der Waals surface area contributed by atoms with E-state index in [1.807, 2.05) is 38.6 Å². The molecule has 192 valence electrons. The highest BCUT2D eigenvalue weighted by atomic mass is 16.3. The number of nitrogens with zero attached hydrogens (tertiary/aromatic N) is 6. The molecule has 0 aromatic carbocycles. The molecule has 35 heavy (non-hydrogen) atoms. The number of rotatable bonds is 8. The summed E-state index contributed by atoms with van der Waals surface area (Å²) in [5.41, 5.74) is 2.42. The van der Waals surface area contributed by atoms with E-state index in [2.05, 4.69) is 34.6 Å². The number of aliphatic hydroxyl groups is 1. The number of amides is 2. The van der Waals surface area contributed by atoms with Crippen molar-refractivity contribution in [2.45, 2.75) is 98.0 Å². The fraction of sp³-hybridized carbons (Fsp3) is 0.720. The van der Waals surface area contributed by atoms with E-state index in [1.165, 1.54) is 4.90 Å². The van der Waals surface area contributed by atoms with Crippen LogP contribution in [0.1, 0.15) is 82.8 Å².